The molecule has 0 aliphatic rings. The Morgan fingerprint density at radius 2 is 1.29 bits per heavy atom. The van der Waals surface area contributed by atoms with Crippen molar-refractivity contribution in [3.8, 4) is 12.1 Å². The molecule has 0 saturated heterocycles. The lowest BCUT2D eigenvalue weighted by atomic mass is 10.3. The molecule has 0 aromatic carbocycles. The van der Waals surface area contributed by atoms with E-state index in [-0.39, 0.29) is 11.8 Å². The second-order valence-electron chi connectivity index (χ2n) is 3.21. The van der Waals surface area contributed by atoms with Crippen molar-refractivity contribution in [1.82, 2.24) is 0 Å². The summed E-state index contributed by atoms with van der Waals surface area (Å²) in [6, 6.07) is 4.42. The Morgan fingerprint density at radius 3 is 1.57 bits per heavy atom. The van der Waals surface area contributed by atoms with E-state index in [1.165, 1.54) is 0 Å². The summed E-state index contributed by atoms with van der Waals surface area (Å²) in [6.07, 6.45) is 0. The predicted octanol–water partition coefficient (Wildman–Crippen LogP) is 2.77. The monoisotopic (exact) mass is 228 g/mol. The van der Waals surface area contributed by atoms with E-state index in [0.717, 1.165) is 23.0 Å². The minimum absolute atomic E-state index is 0.156. The summed E-state index contributed by atoms with van der Waals surface area (Å²) in [5, 5.41) is 17.1. The summed E-state index contributed by atoms with van der Waals surface area (Å²) in [7, 11) is 0. The van der Waals surface area contributed by atoms with E-state index < -0.39 is 0 Å². The van der Waals surface area contributed by atoms with Gasteiger partial charge in [-0.25, -0.2) is 0 Å². The van der Waals surface area contributed by atoms with E-state index in [4.69, 9.17) is 10.5 Å². The van der Waals surface area contributed by atoms with Gasteiger partial charge in [-0.2, -0.15) is 34.0 Å². The van der Waals surface area contributed by atoms with Gasteiger partial charge in [0.1, 0.15) is 0 Å². The average molecular weight is 228 g/mol. The molecular weight excluding hydrogens is 212 g/mol. The summed E-state index contributed by atoms with van der Waals surface area (Å²) in [4.78, 5) is 0. The quantitative estimate of drug-likeness (QED) is 0.629. The fourth-order valence-electron chi connectivity index (χ4n) is 0.713. The average Bonchev–Trinajstić information content (AvgIpc) is 2.22. The maximum atomic E-state index is 8.54. The number of hydrogen-bond acceptors (Lipinski definition) is 4. The van der Waals surface area contributed by atoms with E-state index in [1.807, 2.05) is 37.4 Å². The van der Waals surface area contributed by atoms with Crippen molar-refractivity contribution in [2.75, 3.05) is 23.0 Å². The zero-order valence-corrected chi connectivity index (χ0v) is 10.3. The fourth-order valence-corrected chi connectivity index (χ4v) is 2.84. The molecule has 0 aromatic heterocycles. The zero-order valence-electron chi connectivity index (χ0n) is 8.69. The van der Waals surface area contributed by atoms with Crippen molar-refractivity contribution in [3.63, 3.8) is 0 Å². The molecule has 0 amide bonds. The van der Waals surface area contributed by atoms with Gasteiger partial charge in [-0.05, 0) is 13.8 Å². The van der Waals surface area contributed by atoms with Crippen LogP contribution in [0.15, 0.2) is 0 Å². The van der Waals surface area contributed by atoms with Crippen molar-refractivity contribution < 1.29 is 0 Å². The Hall–Kier alpha value is -0.320. The van der Waals surface area contributed by atoms with E-state index in [0.29, 0.717) is 0 Å². The van der Waals surface area contributed by atoms with Gasteiger partial charge in [0.05, 0.1) is 24.0 Å². The van der Waals surface area contributed by atoms with Gasteiger partial charge in [-0.1, -0.05) is 0 Å². The van der Waals surface area contributed by atoms with Crippen LogP contribution < -0.4 is 0 Å². The first-order valence-corrected chi connectivity index (χ1v) is 6.96. The van der Waals surface area contributed by atoms with Crippen LogP contribution in [0.4, 0.5) is 0 Å². The van der Waals surface area contributed by atoms with Gasteiger partial charge in [0.25, 0.3) is 0 Å². The lowest BCUT2D eigenvalue weighted by Crippen LogP contribution is -1.98. The van der Waals surface area contributed by atoms with Gasteiger partial charge in [0.15, 0.2) is 0 Å². The van der Waals surface area contributed by atoms with Crippen molar-refractivity contribution in [2.24, 2.45) is 11.8 Å². The van der Waals surface area contributed by atoms with Crippen LogP contribution in [0.2, 0.25) is 0 Å². The zero-order chi connectivity index (χ0) is 10.8. The maximum absolute atomic E-state index is 8.54. The third-order valence-corrected chi connectivity index (χ3v) is 4.26. The Balaban J connectivity index is 3.16. The summed E-state index contributed by atoms with van der Waals surface area (Å²) in [5.41, 5.74) is 0. The van der Waals surface area contributed by atoms with Crippen LogP contribution >= 0.6 is 23.5 Å². The largest absolute Gasteiger partial charge is 0.198 e. The van der Waals surface area contributed by atoms with Crippen LogP contribution in [0.25, 0.3) is 0 Å². The third-order valence-electron chi connectivity index (χ3n) is 1.55. The molecule has 0 heterocycles. The van der Waals surface area contributed by atoms with Crippen LogP contribution in [0, 0.1) is 34.5 Å². The molecule has 4 heteroatoms. The highest BCUT2D eigenvalue weighted by molar-refractivity contribution is 8.02. The van der Waals surface area contributed by atoms with Gasteiger partial charge in [0, 0.05) is 23.0 Å². The molecule has 0 bridgehead atoms. The Morgan fingerprint density at radius 1 is 0.929 bits per heavy atom. The minimum Gasteiger partial charge on any atom is -0.198 e. The predicted molar refractivity (Wildman–Crippen MR) is 64.2 cm³/mol. The first-order valence-electron chi connectivity index (χ1n) is 4.65. The molecular formula is C10H16N2S2. The molecule has 0 saturated carbocycles. The van der Waals surface area contributed by atoms with Crippen molar-refractivity contribution >= 4 is 23.5 Å². The highest BCUT2D eigenvalue weighted by Crippen LogP contribution is 2.12. The third kappa shape index (κ3) is 8.29. The van der Waals surface area contributed by atoms with Crippen LogP contribution in [-0.4, -0.2) is 23.0 Å². The van der Waals surface area contributed by atoms with Gasteiger partial charge in [-0.15, -0.1) is 0 Å². The van der Waals surface area contributed by atoms with Crippen LogP contribution in [0.3, 0.4) is 0 Å². The molecule has 0 aliphatic heterocycles. The summed E-state index contributed by atoms with van der Waals surface area (Å²) in [6.45, 7) is 3.88. The molecule has 0 fully saturated rings. The van der Waals surface area contributed by atoms with Crippen molar-refractivity contribution in [2.45, 2.75) is 13.8 Å². The van der Waals surface area contributed by atoms with Gasteiger partial charge < -0.3 is 0 Å². The number of hydrogen-bond donors (Lipinski definition) is 0. The van der Waals surface area contributed by atoms with Crippen LogP contribution in [0.5, 0.6) is 0 Å². The second-order valence-corrected chi connectivity index (χ2v) is 5.51. The van der Waals surface area contributed by atoms with Crippen LogP contribution in [-0.2, 0) is 0 Å². The molecule has 78 valence electrons. The smallest absolute Gasteiger partial charge is 0.0661 e. The number of rotatable bonds is 7. The topological polar surface area (TPSA) is 47.6 Å². The minimum atomic E-state index is 0.156. The number of thioether (sulfide) groups is 2. The molecule has 2 atom stereocenters. The van der Waals surface area contributed by atoms with Crippen molar-refractivity contribution in [3.05, 3.63) is 0 Å². The first-order chi connectivity index (χ1) is 6.70. The standard InChI is InChI=1S/C10H16N2S2/c1-9(5-11)7-13-3-4-14-8-10(2)6-12/h9-10H,3-4,7-8H2,1-2H3. The highest BCUT2D eigenvalue weighted by atomic mass is 32.2. The normalized spacial score (nSPS) is 14.0. The summed E-state index contributed by atoms with van der Waals surface area (Å²) >= 11 is 3.64. The molecule has 2 unspecified atom stereocenters. The van der Waals surface area contributed by atoms with Crippen molar-refractivity contribution in [1.29, 1.82) is 10.5 Å². The maximum Gasteiger partial charge on any atom is 0.0661 e. The van der Waals surface area contributed by atoms with Gasteiger partial charge in [0.2, 0.25) is 0 Å². The highest BCUT2D eigenvalue weighted by Gasteiger charge is 2.01. The molecule has 14 heavy (non-hydrogen) atoms. The number of nitrogens with zero attached hydrogens (tertiary/aromatic N) is 2. The Kier molecular flexibility index (Phi) is 9.03. The molecule has 0 radical (unpaired) electrons. The summed E-state index contributed by atoms with van der Waals surface area (Å²) in [5.74, 6) is 4.31. The number of nitriles is 2. The second kappa shape index (κ2) is 9.24. The van der Waals surface area contributed by atoms with E-state index in [2.05, 4.69) is 12.1 Å². The van der Waals surface area contributed by atoms with E-state index in [1.54, 1.807) is 0 Å². The molecule has 0 N–H and O–H groups in total. The Labute approximate surface area is 95.1 Å². The van der Waals surface area contributed by atoms with Gasteiger partial charge >= 0.3 is 0 Å². The molecule has 0 aliphatic carbocycles. The van der Waals surface area contributed by atoms with E-state index in [9.17, 15) is 0 Å². The van der Waals surface area contributed by atoms with Gasteiger partial charge in [-0.3, -0.25) is 0 Å². The van der Waals surface area contributed by atoms with E-state index >= 15 is 0 Å². The SMILES string of the molecule is CC(C#N)CSCCSCC(C)C#N. The Bertz CT molecular complexity index is 193. The lowest BCUT2D eigenvalue weighted by Gasteiger charge is -2.03. The fraction of sp³-hybridized carbons (Fsp3) is 0.800. The molecule has 2 nitrogen and oxygen atoms in total. The molecule has 0 rings (SSSR count). The lowest BCUT2D eigenvalue weighted by molar-refractivity contribution is 0.862. The first kappa shape index (κ1) is 13.7. The molecule has 0 spiro atoms. The summed E-state index contributed by atoms with van der Waals surface area (Å²) < 4.78 is 0. The molecule has 0 aromatic rings. The van der Waals surface area contributed by atoms with Crippen LogP contribution in [0.1, 0.15) is 13.8 Å².